The van der Waals surface area contributed by atoms with E-state index in [0.717, 1.165) is 11.1 Å². The molecule has 0 aliphatic rings. The second-order valence-corrected chi connectivity index (χ2v) is 6.92. The molecule has 0 saturated carbocycles. The van der Waals surface area contributed by atoms with Gasteiger partial charge in [0.05, 0.1) is 17.3 Å². The van der Waals surface area contributed by atoms with Crippen molar-refractivity contribution in [3.63, 3.8) is 0 Å². The lowest BCUT2D eigenvalue weighted by Gasteiger charge is -2.17. The lowest BCUT2D eigenvalue weighted by molar-refractivity contribution is 0.0941. The molecule has 0 aliphatic heterocycles. The molecule has 4 aromatic rings. The number of halogens is 1. The van der Waals surface area contributed by atoms with Crippen molar-refractivity contribution < 1.29 is 4.79 Å². The van der Waals surface area contributed by atoms with Crippen LogP contribution < -0.4 is 5.32 Å². The number of amides is 1. The van der Waals surface area contributed by atoms with Gasteiger partial charge in [-0.2, -0.15) is 0 Å². The van der Waals surface area contributed by atoms with Crippen LogP contribution in [-0.2, 0) is 0 Å². The summed E-state index contributed by atoms with van der Waals surface area (Å²) < 4.78 is 0. The molecule has 1 unspecified atom stereocenters. The molecule has 0 radical (unpaired) electrons. The van der Waals surface area contributed by atoms with E-state index in [1.165, 1.54) is 0 Å². The first-order chi connectivity index (χ1) is 13.6. The molecule has 1 amide bonds. The van der Waals surface area contributed by atoms with Crippen LogP contribution in [0.3, 0.4) is 0 Å². The predicted molar refractivity (Wildman–Crippen MR) is 112 cm³/mol. The minimum Gasteiger partial charge on any atom is -0.345 e. The molecule has 4 rings (SSSR count). The molecule has 2 heterocycles. The van der Waals surface area contributed by atoms with Gasteiger partial charge < -0.3 is 5.32 Å². The van der Waals surface area contributed by atoms with Gasteiger partial charge in [0.15, 0.2) is 5.65 Å². The average molecular weight is 388 g/mol. The second-order valence-electron chi connectivity index (χ2n) is 6.51. The molecule has 4 nitrogen and oxygen atoms in total. The Kier molecular flexibility index (Phi) is 5.04. The highest BCUT2D eigenvalue weighted by molar-refractivity contribution is 6.31. The molecule has 0 spiro atoms. The van der Waals surface area contributed by atoms with Gasteiger partial charge in [-0.1, -0.05) is 60.1 Å². The zero-order valence-electron chi connectivity index (χ0n) is 15.3. The van der Waals surface area contributed by atoms with Crippen LogP contribution in [0.25, 0.3) is 22.3 Å². The summed E-state index contributed by atoms with van der Waals surface area (Å²) in [5, 5.41) is 4.39. The molecule has 138 valence electrons. The van der Waals surface area contributed by atoms with Crippen molar-refractivity contribution in [2.75, 3.05) is 0 Å². The summed E-state index contributed by atoms with van der Waals surface area (Å²) in [5.41, 5.74) is 3.60. The third kappa shape index (κ3) is 3.59. The van der Waals surface area contributed by atoms with Gasteiger partial charge in [-0.25, -0.2) is 9.97 Å². The van der Waals surface area contributed by atoms with Crippen LogP contribution in [0.5, 0.6) is 0 Å². The summed E-state index contributed by atoms with van der Waals surface area (Å²) in [7, 11) is 0. The lowest BCUT2D eigenvalue weighted by atomic mass is 10.0. The Morgan fingerprint density at radius 1 is 1.00 bits per heavy atom. The van der Waals surface area contributed by atoms with Gasteiger partial charge >= 0.3 is 0 Å². The molecule has 1 atom stereocenters. The van der Waals surface area contributed by atoms with Gasteiger partial charge in [0, 0.05) is 22.2 Å². The smallest absolute Gasteiger partial charge is 0.252 e. The summed E-state index contributed by atoms with van der Waals surface area (Å²) >= 11 is 6.28. The summed E-state index contributed by atoms with van der Waals surface area (Å²) in [6.45, 7) is 1.92. The number of aromatic nitrogens is 2. The van der Waals surface area contributed by atoms with Crippen molar-refractivity contribution in [1.82, 2.24) is 15.3 Å². The average Bonchev–Trinajstić information content (AvgIpc) is 2.73. The zero-order valence-corrected chi connectivity index (χ0v) is 16.0. The molecular weight excluding hydrogens is 370 g/mol. The predicted octanol–water partition coefficient (Wildman–Crippen LogP) is 5.44. The van der Waals surface area contributed by atoms with E-state index in [4.69, 9.17) is 11.6 Å². The van der Waals surface area contributed by atoms with Crippen LogP contribution in [0.4, 0.5) is 0 Å². The fraction of sp³-hybridized carbons (Fsp3) is 0.0870. The normalized spacial score (nSPS) is 11.9. The molecule has 0 bridgehead atoms. The van der Waals surface area contributed by atoms with Gasteiger partial charge in [0.25, 0.3) is 5.91 Å². The Hall–Kier alpha value is -3.24. The Labute approximate surface area is 168 Å². The quantitative estimate of drug-likeness (QED) is 0.507. The van der Waals surface area contributed by atoms with Crippen LogP contribution in [0, 0.1) is 0 Å². The SMILES string of the molecule is CC(NC(=O)c1cc(-c2ccccc2)nc2ncccc12)c1ccccc1Cl. The van der Waals surface area contributed by atoms with Gasteiger partial charge in [0.1, 0.15) is 0 Å². The van der Waals surface area contributed by atoms with E-state index in [1.54, 1.807) is 12.3 Å². The number of nitrogens with one attached hydrogen (secondary N) is 1. The molecule has 1 N–H and O–H groups in total. The Morgan fingerprint density at radius 2 is 1.75 bits per heavy atom. The van der Waals surface area contributed by atoms with Crippen LogP contribution in [0.1, 0.15) is 28.9 Å². The second kappa shape index (κ2) is 7.79. The number of fused-ring (bicyclic) bond motifs is 1. The van der Waals surface area contributed by atoms with Crippen molar-refractivity contribution in [3.8, 4) is 11.3 Å². The Bertz CT molecular complexity index is 1140. The van der Waals surface area contributed by atoms with Crippen molar-refractivity contribution >= 4 is 28.5 Å². The zero-order chi connectivity index (χ0) is 19.5. The highest BCUT2D eigenvalue weighted by Gasteiger charge is 2.18. The van der Waals surface area contributed by atoms with E-state index in [-0.39, 0.29) is 11.9 Å². The number of carbonyl (C=O) groups excluding carboxylic acids is 1. The van der Waals surface area contributed by atoms with Gasteiger partial charge in [-0.3, -0.25) is 4.79 Å². The summed E-state index contributed by atoms with van der Waals surface area (Å²) in [6.07, 6.45) is 1.68. The van der Waals surface area contributed by atoms with E-state index >= 15 is 0 Å². The topological polar surface area (TPSA) is 54.9 Å². The summed E-state index contributed by atoms with van der Waals surface area (Å²) in [5.74, 6) is -0.190. The minimum atomic E-state index is -0.235. The Balaban J connectivity index is 1.75. The molecular formula is C23H18ClN3O. The number of rotatable bonds is 4. The highest BCUT2D eigenvalue weighted by Crippen LogP contribution is 2.26. The molecule has 28 heavy (non-hydrogen) atoms. The van der Waals surface area contributed by atoms with Gasteiger partial charge in [0.2, 0.25) is 0 Å². The number of carbonyl (C=O) groups is 1. The molecule has 0 fully saturated rings. The van der Waals surface area contributed by atoms with Crippen molar-refractivity contribution in [3.05, 3.63) is 95.1 Å². The van der Waals surface area contributed by atoms with Crippen molar-refractivity contribution in [2.45, 2.75) is 13.0 Å². The molecule has 0 saturated heterocycles. The van der Waals surface area contributed by atoms with Crippen molar-refractivity contribution in [1.29, 1.82) is 0 Å². The number of benzene rings is 2. The summed E-state index contributed by atoms with van der Waals surface area (Å²) in [6, 6.07) is 22.5. The monoisotopic (exact) mass is 387 g/mol. The maximum Gasteiger partial charge on any atom is 0.252 e. The highest BCUT2D eigenvalue weighted by atomic mass is 35.5. The van der Waals surface area contributed by atoms with E-state index in [2.05, 4.69) is 15.3 Å². The first-order valence-corrected chi connectivity index (χ1v) is 9.38. The third-order valence-electron chi connectivity index (χ3n) is 4.62. The standard InChI is InChI=1S/C23H18ClN3O/c1-15(17-10-5-6-12-20(17)24)26-23(28)19-14-21(16-8-3-2-4-9-16)27-22-18(19)11-7-13-25-22/h2-15H,1H3,(H,26,28). The fourth-order valence-electron chi connectivity index (χ4n) is 3.18. The van der Waals surface area contributed by atoms with E-state index in [9.17, 15) is 4.79 Å². The van der Waals surface area contributed by atoms with E-state index in [0.29, 0.717) is 27.3 Å². The van der Waals surface area contributed by atoms with Crippen LogP contribution in [0.15, 0.2) is 79.0 Å². The van der Waals surface area contributed by atoms with Gasteiger partial charge in [-0.05, 0) is 36.8 Å². The van der Waals surface area contributed by atoms with Crippen LogP contribution in [-0.4, -0.2) is 15.9 Å². The van der Waals surface area contributed by atoms with Crippen LogP contribution in [0.2, 0.25) is 5.02 Å². The van der Waals surface area contributed by atoms with Crippen LogP contribution >= 0.6 is 11.6 Å². The number of pyridine rings is 2. The third-order valence-corrected chi connectivity index (χ3v) is 4.96. The molecule has 2 aromatic carbocycles. The molecule has 2 aromatic heterocycles. The maximum atomic E-state index is 13.1. The largest absolute Gasteiger partial charge is 0.345 e. The summed E-state index contributed by atoms with van der Waals surface area (Å²) in [4.78, 5) is 22.1. The number of hydrogen-bond acceptors (Lipinski definition) is 3. The molecule has 5 heteroatoms. The Morgan fingerprint density at radius 3 is 2.54 bits per heavy atom. The van der Waals surface area contributed by atoms with E-state index < -0.39 is 0 Å². The number of nitrogens with zero attached hydrogens (tertiary/aromatic N) is 2. The fourth-order valence-corrected chi connectivity index (χ4v) is 3.48. The van der Waals surface area contributed by atoms with E-state index in [1.807, 2.05) is 73.7 Å². The number of hydrogen-bond donors (Lipinski definition) is 1. The minimum absolute atomic E-state index is 0.190. The maximum absolute atomic E-state index is 13.1. The van der Waals surface area contributed by atoms with Gasteiger partial charge in [-0.15, -0.1) is 0 Å². The first-order valence-electron chi connectivity index (χ1n) is 9.00. The lowest BCUT2D eigenvalue weighted by Crippen LogP contribution is -2.27. The van der Waals surface area contributed by atoms with Crippen molar-refractivity contribution in [2.24, 2.45) is 0 Å². The molecule has 0 aliphatic carbocycles. The first kappa shape index (κ1) is 18.1.